The first-order valence-corrected chi connectivity index (χ1v) is 6.34. The number of benzene rings is 1. The second-order valence-electron chi connectivity index (χ2n) is 4.13. The molecule has 1 N–H and O–H groups in total. The fourth-order valence-electron chi connectivity index (χ4n) is 2.18. The SMILES string of the molecule is Brc1ccccc1C1=NC2CNCCC2O1. The van der Waals surface area contributed by atoms with Gasteiger partial charge in [-0.3, -0.25) is 0 Å². The highest BCUT2D eigenvalue weighted by Gasteiger charge is 2.33. The maximum Gasteiger partial charge on any atom is 0.218 e. The minimum atomic E-state index is 0.267. The fourth-order valence-corrected chi connectivity index (χ4v) is 2.63. The van der Waals surface area contributed by atoms with Gasteiger partial charge in [-0.25, -0.2) is 4.99 Å². The van der Waals surface area contributed by atoms with Crippen molar-refractivity contribution in [3.05, 3.63) is 34.3 Å². The Morgan fingerprint density at radius 3 is 3.06 bits per heavy atom. The Hall–Kier alpha value is -0.870. The molecule has 2 aliphatic rings. The molecular formula is C12H13BrN2O. The van der Waals surface area contributed by atoms with Crippen molar-refractivity contribution in [2.24, 2.45) is 4.99 Å². The minimum Gasteiger partial charge on any atom is -0.472 e. The molecule has 2 atom stereocenters. The largest absolute Gasteiger partial charge is 0.472 e. The summed E-state index contributed by atoms with van der Waals surface area (Å²) < 4.78 is 6.95. The zero-order valence-electron chi connectivity index (χ0n) is 8.82. The number of piperidine rings is 1. The normalized spacial score (nSPS) is 28.2. The van der Waals surface area contributed by atoms with Gasteiger partial charge in [0.2, 0.25) is 5.90 Å². The van der Waals surface area contributed by atoms with Crippen LogP contribution < -0.4 is 5.32 Å². The third-order valence-corrected chi connectivity index (χ3v) is 3.73. The van der Waals surface area contributed by atoms with E-state index in [9.17, 15) is 0 Å². The van der Waals surface area contributed by atoms with Crippen LogP contribution in [-0.4, -0.2) is 31.1 Å². The Bertz CT molecular complexity index is 433. The maximum absolute atomic E-state index is 5.91. The van der Waals surface area contributed by atoms with E-state index in [0.29, 0.717) is 0 Å². The topological polar surface area (TPSA) is 33.6 Å². The van der Waals surface area contributed by atoms with Crippen LogP contribution in [0.2, 0.25) is 0 Å². The van der Waals surface area contributed by atoms with Crippen molar-refractivity contribution in [3.63, 3.8) is 0 Å². The molecule has 3 nitrogen and oxygen atoms in total. The molecule has 1 aromatic carbocycles. The zero-order chi connectivity index (χ0) is 11.0. The van der Waals surface area contributed by atoms with Crippen LogP contribution >= 0.6 is 15.9 Å². The van der Waals surface area contributed by atoms with Crippen LogP contribution in [0, 0.1) is 0 Å². The lowest BCUT2D eigenvalue weighted by Gasteiger charge is -2.23. The summed E-state index contributed by atoms with van der Waals surface area (Å²) in [7, 11) is 0. The molecule has 84 valence electrons. The third kappa shape index (κ3) is 1.76. The predicted octanol–water partition coefficient (Wildman–Crippen LogP) is 1.96. The average Bonchev–Trinajstić information content (AvgIpc) is 2.73. The smallest absolute Gasteiger partial charge is 0.218 e. The van der Waals surface area contributed by atoms with Crippen molar-refractivity contribution in [1.82, 2.24) is 5.32 Å². The fraction of sp³-hybridized carbons (Fsp3) is 0.417. The van der Waals surface area contributed by atoms with Crippen LogP contribution in [0.1, 0.15) is 12.0 Å². The van der Waals surface area contributed by atoms with Crippen LogP contribution in [0.25, 0.3) is 0 Å². The van der Waals surface area contributed by atoms with Crippen molar-refractivity contribution in [2.45, 2.75) is 18.6 Å². The molecule has 0 aliphatic carbocycles. The predicted molar refractivity (Wildman–Crippen MR) is 66.8 cm³/mol. The van der Waals surface area contributed by atoms with Gasteiger partial charge >= 0.3 is 0 Å². The Kier molecular flexibility index (Phi) is 2.69. The Labute approximate surface area is 103 Å². The Morgan fingerprint density at radius 2 is 2.25 bits per heavy atom. The van der Waals surface area contributed by atoms with E-state index in [1.54, 1.807) is 0 Å². The van der Waals surface area contributed by atoms with Crippen LogP contribution in [0.4, 0.5) is 0 Å². The molecule has 2 heterocycles. The van der Waals surface area contributed by atoms with Crippen LogP contribution in [0.15, 0.2) is 33.7 Å². The Morgan fingerprint density at radius 1 is 1.38 bits per heavy atom. The van der Waals surface area contributed by atoms with Gasteiger partial charge in [0.15, 0.2) is 0 Å². The van der Waals surface area contributed by atoms with Gasteiger partial charge in [0.05, 0.1) is 5.56 Å². The molecule has 0 aromatic heterocycles. The van der Waals surface area contributed by atoms with Gasteiger partial charge in [0.25, 0.3) is 0 Å². The summed E-state index contributed by atoms with van der Waals surface area (Å²) in [6.45, 7) is 1.96. The summed E-state index contributed by atoms with van der Waals surface area (Å²) in [4.78, 5) is 4.64. The van der Waals surface area contributed by atoms with Gasteiger partial charge in [-0.15, -0.1) is 0 Å². The maximum atomic E-state index is 5.91. The zero-order valence-corrected chi connectivity index (χ0v) is 10.4. The quantitative estimate of drug-likeness (QED) is 0.853. The average molecular weight is 281 g/mol. The van der Waals surface area contributed by atoms with E-state index in [1.807, 2.05) is 24.3 Å². The van der Waals surface area contributed by atoms with E-state index < -0.39 is 0 Å². The highest BCUT2D eigenvalue weighted by Crippen LogP contribution is 2.25. The van der Waals surface area contributed by atoms with E-state index in [2.05, 4.69) is 26.2 Å². The summed E-state index contributed by atoms with van der Waals surface area (Å²) in [5.41, 5.74) is 1.05. The first-order chi connectivity index (χ1) is 7.84. The third-order valence-electron chi connectivity index (χ3n) is 3.04. The van der Waals surface area contributed by atoms with Crippen LogP contribution in [0.3, 0.4) is 0 Å². The molecule has 0 bridgehead atoms. The van der Waals surface area contributed by atoms with E-state index in [4.69, 9.17) is 4.74 Å². The number of fused-ring (bicyclic) bond motifs is 1. The van der Waals surface area contributed by atoms with Crippen LogP contribution in [-0.2, 0) is 4.74 Å². The number of hydrogen-bond donors (Lipinski definition) is 1. The number of nitrogens with one attached hydrogen (secondary N) is 1. The lowest BCUT2D eigenvalue weighted by atomic mass is 10.1. The molecule has 0 radical (unpaired) electrons. The molecule has 2 unspecified atom stereocenters. The highest BCUT2D eigenvalue weighted by atomic mass is 79.9. The van der Waals surface area contributed by atoms with Crippen molar-refractivity contribution in [2.75, 3.05) is 13.1 Å². The van der Waals surface area contributed by atoms with Crippen molar-refractivity contribution >= 4 is 21.8 Å². The molecular weight excluding hydrogens is 268 g/mol. The second kappa shape index (κ2) is 4.18. The van der Waals surface area contributed by atoms with E-state index in [1.165, 1.54) is 0 Å². The number of hydrogen-bond acceptors (Lipinski definition) is 3. The van der Waals surface area contributed by atoms with Gasteiger partial charge in [-0.05, 0) is 41.0 Å². The number of ether oxygens (including phenoxy) is 1. The minimum absolute atomic E-state index is 0.267. The van der Waals surface area contributed by atoms with Gasteiger partial charge < -0.3 is 10.1 Å². The second-order valence-corrected chi connectivity index (χ2v) is 4.98. The molecule has 1 saturated heterocycles. The molecule has 1 aromatic rings. The summed E-state index contributed by atoms with van der Waals surface area (Å²) in [5.74, 6) is 0.783. The summed E-state index contributed by atoms with van der Waals surface area (Å²) in [6.07, 6.45) is 1.31. The lowest BCUT2D eigenvalue weighted by Crippen LogP contribution is -2.41. The summed E-state index contributed by atoms with van der Waals surface area (Å²) in [5, 5.41) is 3.34. The summed E-state index contributed by atoms with van der Waals surface area (Å²) in [6, 6.07) is 8.34. The molecule has 0 spiro atoms. The van der Waals surface area contributed by atoms with Crippen molar-refractivity contribution < 1.29 is 4.74 Å². The molecule has 16 heavy (non-hydrogen) atoms. The van der Waals surface area contributed by atoms with E-state index >= 15 is 0 Å². The monoisotopic (exact) mass is 280 g/mol. The molecule has 3 rings (SSSR count). The molecule has 4 heteroatoms. The van der Waals surface area contributed by atoms with Crippen LogP contribution in [0.5, 0.6) is 0 Å². The molecule has 1 fully saturated rings. The number of aliphatic imine (C=N–C) groups is 1. The highest BCUT2D eigenvalue weighted by molar-refractivity contribution is 9.10. The summed E-state index contributed by atoms with van der Waals surface area (Å²) >= 11 is 3.53. The molecule has 0 saturated carbocycles. The first kappa shape index (κ1) is 10.3. The van der Waals surface area contributed by atoms with Gasteiger partial charge in [0.1, 0.15) is 12.1 Å². The number of nitrogens with zero attached hydrogens (tertiary/aromatic N) is 1. The van der Waals surface area contributed by atoms with E-state index in [0.717, 1.165) is 35.4 Å². The van der Waals surface area contributed by atoms with Gasteiger partial charge in [-0.1, -0.05) is 12.1 Å². The van der Waals surface area contributed by atoms with Crippen molar-refractivity contribution in [1.29, 1.82) is 0 Å². The van der Waals surface area contributed by atoms with Gasteiger partial charge in [-0.2, -0.15) is 0 Å². The molecule has 0 amide bonds. The first-order valence-electron chi connectivity index (χ1n) is 5.54. The van der Waals surface area contributed by atoms with Gasteiger partial charge in [0, 0.05) is 11.0 Å². The standard InChI is InChI=1S/C12H13BrN2O/c13-9-4-2-1-3-8(9)12-15-10-7-14-6-5-11(10)16-12/h1-4,10-11,14H,5-7H2. The lowest BCUT2D eigenvalue weighted by molar-refractivity contribution is 0.161. The number of halogens is 1. The Balaban J connectivity index is 1.89. The van der Waals surface area contributed by atoms with E-state index in [-0.39, 0.29) is 12.1 Å². The molecule has 2 aliphatic heterocycles. The number of rotatable bonds is 1. The van der Waals surface area contributed by atoms with Crippen molar-refractivity contribution in [3.8, 4) is 0 Å².